The molecule has 1 amide bonds. The number of aliphatic hydroxyl groups is 1. The molecule has 0 aliphatic carbocycles. The normalized spacial score (nSPS) is 15.6. The third-order valence-electron chi connectivity index (χ3n) is 6.37. The monoisotopic (exact) mass is 521 g/mol. The zero-order valence-corrected chi connectivity index (χ0v) is 20.3. The number of aromatic nitrogens is 4. The summed E-state index contributed by atoms with van der Waals surface area (Å²) in [5, 5.41) is 15.9. The highest BCUT2D eigenvalue weighted by Crippen LogP contribution is 2.25. The number of halogens is 1. The first kappa shape index (κ1) is 22.5. The number of carbonyl (C=O) groups excluding carboxylic acids is 1. The third kappa shape index (κ3) is 4.28. The summed E-state index contributed by atoms with van der Waals surface area (Å²) in [6.45, 7) is 2.95. The zero-order valence-electron chi connectivity index (χ0n) is 18.7. The van der Waals surface area contributed by atoms with Crippen LogP contribution >= 0.6 is 15.9 Å². The molecule has 34 heavy (non-hydrogen) atoms. The van der Waals surface area contributed by atoms with Crippen LogP contribution in [0.1, 0.15) is 28.8 Å². The molecule has 174 valence electrons. The van der Waals surface area contributed by atoms with E-state index in [1.165, 1.54) is 17.1 Å². The molecule has 0 bridgehead atoms. The van der Waals surface area contributed by atoms with Crippen molar-refractivity contribution in [3.63, 3.8) is 0 Å². The zero-order chi connectivity index (χ0) is 23.9. The van der Waals surface area contributed by atoms with Gasteiger partial charge in [0.1, 0.15) is 11.7 Å². The molecule has 1 aliphatic rings. The second-order valence-electron chi connectivity index (χ2n) is 8.83. The second-order valence-corrected chi connectivity index (χ2v) is 9.75. The third-order valence-corrected chi connectivity index (χ3v) is 6.90. The number of fused-ring (bicyclic) bond motifs is 1. The predicted octanol–water partition coefficient (Wildman–Crippen LogP) is 3.32. The van der Waals surface area contributed by atoms with E-state index in [4.69, 9.17) is 0 Å². The molecule has 4 aromatic rings. The van der Waals surface area contributed by atoms with E-state index in [0.29, 0.717) is 42.5 Å². The average molecular weight is 522 g/mol. The van der Waals surface area contributed by atoms with Crippen molar-refractivity contribution >= 4 is 32.9 Å². The first-order valence-electron chi connectivity index (χ1n) is 11.1. The Morgan fingerprint density at radius 2 is 1.76 bits per heavy atom. The molecule has 9 heteroatoms. The Morgan fingerprint density at radius 3 is 2.44 bits per heavy atom. The Balaban J connectivity index is 1.32. The molecule has 1 aliphatic heterocycles. The molecular weight excluding hydrogens is 498 g/mol. The number of amides is 1. The van der Waals surface area contributed by atoms with Crippen LogP contribution in [0.25, 0.3) is 16.7 Å². The molecule has 0 spiro atoms. The number of rotatable bonds is 4. The molecule has 0 saturated carbocycles. The summed E-state index contributed by atoms with van der Waals surface area (Å²) in [5.41, 5.74) is 1.67. The van der Waals surface area contributed by atoms with Crippen LogP contribution in [0.15, 0.2) is 70.3 Å². The minimum Gasteiger partial charge on any atom is -0.388 e. The van der Waals surface area contributed by atoms with Gasteiger partial charge < -0.3 is 10.0 Å². The lowest BCUT2D eigenvalue weighted by Gasteiger charge is -2.38. The maximum Gasteiger partial charge on any atom is 0.264 e. The smallest absolute Gasteiger partial charge is 0.264 e. The van der Waals surface area contributed by atoms with Crippen molar-refractivity contribution in [2.24, 2.45) is 0 Å². The van der Waals surface area contributed by atoms with Gasteiger partial charge in [-0.05, 0) is 56.2 Å². The van der Waals surface area contributed by atoms with Crippen molar-refractivity contribution in [3.8, 4) is 5.69 Å². The van der Waals surface area contributed by atoms with Gasteiger partial charge in [-0.25, -0.2) is 9.67 Å². The summed E-state index contributed by atoms with van der Waals surface area (Å²) in [7, 11) is 0. The highest BCUT2D eigenvalue weighted by atomic mass is 79.9. The summed E-state index contributed by atoms with van der Waals surface area (Å²) < 4.78 is 4.01. The Kier molecular flexibility index (Phi) is 5.83. The van der Waals surface area contributed by atoms with Crippen molar-refractivity contribution in [2.75, 3.05) is 13.1 Å². The second kappa shape index (κ2) is 8.81. The van der Waals surface area contributed by atoms with Gasteiger partial charge in [0.05, 0.1) is 24.0 Å². The number of hydrogen-bond acceptors (Lipinski definition) is 5. The first-order chi connectivity index (χ1) is 16.3. The highest BCUT2D eigenvalue weighted by molar-refractivity contribution is 9.10. The van der Waals surface area contributed by atoms with Gasteiger partial charge in [-0.2, -0.15) is 5.10 Å². The number of likely N-dealkylation sites (tertiary alicyclic amines) is 1. The molecule has 0 radical (unpaired) electrons. The molecule has 1 N–H and O–H groups in total. The van der Waals surface area contributed by atoms with E-state index >= 15 is 0 Å². The van der Waals surface area contributed by atoms with Gasteiger partial charge >= 0.3 is 0 Å². The number of hydrogen-bond donors (Lipinski definition) is 1. The number of aryl methyl sites for hydroxylation is 1. The van der Waals surface area contributed by atoms with Crippen LogP contribution in [-0.2, 0) is 6.54 Å². The molecule has 1 fully saturated rings. The van der Waals surface area contributed by atoms with Crippen LogP contribution in [0.4, 0.5) is 0 Å². The molecule has 5 rings (SSSR count). The van der Waals surface area contributed by atoms with E-state index in [1.54, 1.807) is 9.58 Å². The highest BCUT2D eigenvalue weighted by Gasteiger charge is 2.35. The summed E-state index contributed by atoms with van der Waals surface area (Å²) >= 11 is 3.41. The summed E-state index contributed by atoms with van der Waals surface area (Å²) in [6.07, 6.45) is 3.74. The van der Waals surface area contributed by atoms with Crippen molar-refractivity contribution < 1.29 is 9.90 Å². The van der Waals surface area contributed by atoms with Gasteiger partial charge in [0.15, 0.2) is 5.65 Å². The van der Waals surface area contributed by atoms with Crippen LogP contribution in [0, 0.1) is 6.92 Å². The lowest BCUT2D eigenvalue weighted by molar-refractivity contribution is -0.0299. The van der Waals surface area contributed by atoms with E-state index in [0.717, 1.165) is 15.7 Å². The van der Waals surface area contributed by atoms with Crippen molar-refractivity contribution in [1.82, 2.24) is 24.2 Å². The Hall–Kier alpha value is -3.30. The van der Waals surface area contributed by atoms with E-state index in [1.807, 2.05) is 55.5 Å². The van der Waals surface area contributed by atoms with Gasteiger partial charge in [0, 0.05) is 23.1 Å². The fourth-order valence-electron chi connectivity index (χ4n) is 4.31. The SMILES string of the molecule is Cc1ccc(C(=O)N2CCC(O)(Cn3cnc4c(cnn4-c4ccc(Br)cc4)c3=O)CC2)cc1. The van der Waals surface area contributed by atoms with Gasteiger partial charge in [-0.15, -0.1) is 0 Å². The largest absolute Gasteiger partial charge is 0.388 e. The van der Waals surface area contributed by atoms with Gasteiger partial charge in [-0.1, -0.05) is 33.6 Å². The Morgan fingerprint density at radius 1 is 1.09 bits per heavy atom. The molecule has 1 saturated heterocycles. The van der Waals surface area contributed by atoms with E-state index < -0.39 is 5.60 Å². The summed E-state index contributed by atoms with van der Waals surface area (Å²) in [4.78, 5) is 32.1. The minimum absolute atomic E-state index is 0.0392. The molecule has 2 aromatic heterocycles. The molecule has 2 aromatic carbocycles. The van der Waals surface area contributed by atoms with Gasteiger partial charge in [0.25, 0.3) is 11.5 Å². The molecule has 8 nitrogen and oxygen atoms in total. The summed E-state index contributed by atoms with van der Waals surface area (Å²) in [6, 6.07) is 15.1. The minimum atomic E-state index is -1.09. The van der Waals surface area contributed by atoms with Crippen LogP contribution in [0.2, 0.25) is 0 Å². The lowest BCUT2D eigenvalue weighted by Crippen LogP contribution is -2.49. The fraction of sp³-hybridized carbons (Fsp3) is 0.280. The Labute approximate surface area is 204 Å². The summed E-state index contributed by atoms with van der Waals surface area (Å²) in [5.74, 6) is -0.0392. The number of benzene rings is 2. The maximum atomic E-state index is 13.1. The molecule has 0 unspecified atom stereocenters. The van der Waals surface area contributed by atoms with Crippen LogP contribution in [0.5, 0.6) is 0 Å². The van der Waals surface area contributed by atoms with Crippen molar-refractivity contribution in [1.29, 1.82) is 0 Å². The Bertz CT molecular complexity index is 1400. The molecule has 3 heterocycles. The van der Waals surface area contributed by atoms with E-state index in [2.05, 4.69) is 26.0 Å². The lowest BCUT2D eigenvalue weighted by atomic mass is 9.91. The molecule has 0 atom stereocenters. The fourth-order valence-corrected chi connectivity index (χ4v) is 4.58. The average Bonchev–Trinajstić information content (AvgIpc) is 3.27. The van der Waals surface area contributed by atoms with Crippen LogP contribution < -0.4 is 5.56 Å². The predicted molar refractivity (Wildman–Crippen MR) is 132 cm³/mol. The first-order valence-corrected chi connectivity index (χ1v) is 11.9. The quantitative estimate of drug-likeness (QED) is 0.444. The van der Waals surface area contributed by atoms with Crippen LogP contribution in [0.3, 0.4) is 0 Å². The maximum absolute atomic E-state index is 13.1. The van der Waals surface area contributed by atoms with Crippen molar-refractivity contribution in [3.05, 3.63) is 87.0 Å². The number of piperidine rings is 1. The van der Waals surface area contributed by atoms with Crippen molar-refractivity contribution in [2.45, 2.75) is 31.9 Å². The number of nitrogens with zero attached hydrogens (tertiary/aromatic N) is 5. The topological polar surface area (TPSA) is 93.2 Å². The van der Waals surface area contributed by atoms with Crippen LogP contribution in [-0.4, -0.2) is 53.9 Å². The van der Waals surface area contributed by atoms with E-state index in [9.17, 15) is 14.7 Å². The molecular formula is C25H24BrN5O3. The number of carbonyl (C=O) groups is 1. The van der Waals surface area contributed by atoms with Gasteiger partial charge in [0.2, 0.25) is 0 Å². The van der Waals surface area contributed by atoms with E-state index in [-0.39, 0.29) is 18.0 Å². The standard InChI is InChI=1S/C25H24BrN5O3/c1-17-2-4-18(5-3-17)23(32)29-12-10-25(34,11-13-29)15-30-16-27-22-21(24(30)33)14-28-31(22)20-8-6-19(26)7-9-20/h2-9,14,16,34H,10-13,15H2,1H3. The van der Waals surface area contributed by atoms with Gasteiger partial charge in [-0.3, -0.25) is 14.2 Å².